The molecule has 0 bridgehead atoms. The number of pyridine rings is 1. The van der Waals surface area contributed by atoms with Crippen molar-refractivity contribution in [2.75, 3.05) is 0 Å². The van der Waals surface area contributed by atoms with Crippen molar-refractivity contribution in [2.24, 2.45) is 0 Å². The van der Waals surface area contributed by atoms with E-state index in [-0.39, 0.29) is 0 Å². The number of aromatic nitrogens is 5. The molecule has 0 aromatic carbocycles. The van der Waals surface area contributed by atoms with Crippen molar-refractivity contribution >= 4 is 17.4 Å². The molecule has 0 aliphatic heterocycles. The number of halogens is 1. The van der Waals surface area contributed by atoms with Gasteiger partial charge in [0.05, 0.1) is 5.69 Å². The first-order valence-corrected chi connectivity index (χ1v) is 6.00. The van der Waals surface area contributed by atoms with Crippen molar-refractivity contribution < 1.29 is 4.74 Å². The van der Waals surface area contributed by atoms with Crippen molar-refractivity contribution in [3.63, 3.8) is 0 Å². The molecule has 3 rings (SSSR count). The van der Waals surface area contributed by atoms with Gasteiger partial charge < -0.3 is 4.74 Å². The fraction of sp³-hybridized carbons (Fsp3) is 0.167. The molecule has 0 spiro atoms. The van der Waals surface area contributed by atoms with E-state index in [4.69, 9.17) is 16.3 Å². The van der Waals surface area contributed by atoms with Crippen molar-refractivity contribution in [3.05, 3.63) is 41.1 Å². The quantitative estimate of drug-likeness (QED) is 0.673. The van der Waals surface area contributed by atoms with Crippen LogP contribution in [0.5, 0.6) is 11.6 Å². The van der Waals surface area contributed by atoms with Crippen LogP contribution in [-0.4, -0.2) is 24.6 Å². The minimum Gasteiger partial charge on any atom is -0.437 e. The van der Waals surface area contributed by atoms with Crippen molar-refractivity contribution in [1.82, 2.24) is 24.6 Å². The Labute approximate surface area is 114 Å². The second-order valence-corrected chi connectivity index (χ2v) is 4.35. The molecule has 96 valence electrons. The summed E-state index contributed by atoms with van der Waals surface area (Å²) in [6.45, 7) is 3.68. The van der Waals surface area contributed by atoms with Crippen LogP contribution in [0.15, 0.2) is 24.7 Å². The summed E-state index contributed by atoms with van der Waals surface area (Å²) in [5.41, 5.74) is 1.48. The minimum atomic E-state index is 0.344. The van der Waals surface area contributed by atoms with E-state index >= 15 is 0 Å². The molecule has 0 amide bonds. The van der Waals surface area contributed by atoms with Crippen LogP contribution in [-0.2, 0) is 0 Å². The van der Waals surface area contributed by atoms with Gasteiger partial charge in [-0.25, -0.2) is 0 Å². The van der Waals surface area contributed by atoms with Gasteiger partial charge in [-0.15, -0.1) is 0 Å². The van der Waals surface area contributed by atoms with Crippen LogP contribution in [0.2, 0.25) is 5.15 Å². The number of rotatable bonds is 2. The molecule has 3 aromatic rings. The predicted octanol–water partition coefficient (Wildman–Crippen LogP) is 2.58. The zero-order valence-corrected chi connectivity index (χ0v) is 11.1. The SMILES string of the molecule is Cc1ncccc1Oc1c(C)c(Cl)nc2ncnn12. The standard InChI is InChI=1S/C12H10ClN5O/c1-7-10(13)17-12-15-6-16-18(12)11(7)19-9-4-3-5-14-8(9)2/h3-6H,1-2H3. The third-order valence-electron chi connectivity index (χ3n) is 2.72. The Morgan fingerprint density at radius 1 is 1.26 bits per heavy atom. The van der Waals surface area contributed by atoms with E-state index < -0.39 is 0 Å². The van der Waals surface area contributed by atoms with E-state index in [9.17, 15) is 0 Å². The van der Waals surface area contributed by atoms with Gasteiger partial charge in [-0.1, -0.05) is 11.6 Å². The molecule has 0 aliphatic rings. The average molecular weight is 276 g/mol. The number of fused-ring (bicyclic) bond motifs is 1. The Morgan fingerprint density at radius 2 is 2.11 bits per heavy atom. The van der Waals surface area contributed by atoms with Gasteiger partial charge in [0.1, 0.15) is 11.5 Å². The van der Waals surface area contributed by atoms with Crippen LogP contribution >= 0.6 is 11.6 Å². The number of hydrogen-bond acceptors (Lipinski definition) is 5. The van der Waals surface area contributed by atoms with E-state index in [0.29, 0.717) is 28.1 Å². The first-order chi connectivity index (χ1) is 9.16. The average Bonchev–Trinajstić information content (AvgIpc) is 2.85. The van der Waals surface area contributed by atoms with Crippen LogP contribution in [0.3, 0.4) is 0 Å². The summed E-state index contributed by atoms with van der Waals surface area (Å²) in [7, 11) is 0. The summed E-state index contributed by atoms with van der Waals surface area (Å²) in [5.74, 6) is 1.53. The Balaban J connectivity index is 2.17. The Bertz CT molecular complexity index is 755. The van der Waals surface area contributed by atoms with E-state index in [2.05, 4.69) is 20.1 Å². The highest BCUT2D eigenvalue weighted by molar-refractivity contribution is 6.30. The molecule has 19 heavy (non-hydrogen) atoms. The lowest BCUT2D eigenvalue weighted by Gasteiger charge is -2.11. The Kier molecular flexibility index (Phi) is 2.79. The molecule has 0 saturated heterocycles. The van der Waals surface area contributed by atoms with E-state index in [0.717, 1.165) is 5.69 Å². The van der Waals surface area contributed by atoms with Gasteiger partial charge in [0.2, 0.25) is 5.88 Å². The Morgan fingerprint density at radius 3 is 2.89 bits per heavy atom. The van der Waals surface area contributed by atoms with Gasteiger partial charge in [0, 0.05) is 11.8 Å². The maximum Gasteiger partial charge on any atom is 0.256 e. The van der Waals surface area contributed by atoms with Crippen molar-refractivity contribution in [3.8, 4) is 11.6 Å². The molecule has 3 heterocycles. The molecular weight excluding hydrogens is 266 g/mol. The number of hydrogen-bond donors (Lipinski definition) is 0. The summed E-state index contributed by atoms with van der Waals surface area (Å²) in [5, 5.41) is 4.43. The zero-order valence-electron chi connectivity index (χ0n) is 10.3. The van der Waals surface area contributed by atoms with Crippen LogP contribution < -0.4 is 4.74 Å². The summed E-state index contributed by atoms with van der Waals surface area (Å²) >= 11 is 6.07. The molecule has 0 aliphatic carbocycles. The maximum absolute atomic E-state index is 6.07. The molecule has 0 atom stereocenters. The van der Waals surface area contributed by atoms with Gasteiger partial charge in [0.25, 0.3) is 5.78 Å². The van der Waals surface area contributed by atoms with Crippen LogP contribution in [0, 0.1) is 13.8 Å². The van der Waals surface area contributed by atoms with Crippen LogP contribution in [0.1, 0.15) is 11.3 Å². The zero-order chi connectivity index (χ0) is 13.4. The highest BCUT2D eigenvalue weighted by Gasteiger charge is 2.15. The molecule has 6 nitrogen and oxygen atoms in total. The number of aryl methyl sites for hydroxylation is 1. The van der Waals surface area contributed by atoms with E-state index in [1.807, 2.05) is 19.9 Å². The number of nitrogens with zero attached hydrogens (tertiary/aromatic N) is 5. The summed E-state index contributed by atoms with van der Waals surface area (Å²) in [4.78, 5) is 12.3. The predicted molar refractivity (Wildman–Crippen MR) is 69.6 cm³/mol. The monoisotopic (exact) mass is 275 g/mol. The summed E-state index contributed by atoms with van der Waals surface area (Å²) in [6, 6.07) is 3.64. The third-order valence-corrected chi connectivity index (χ3v) is 3.08. The first-order valence-electron chi connectivity index (χ1n) is 5.62. The van der Waals surface area contributed by atoms with Crippen LogP contribution in [0.4, 0.5) is 0 Å². The van der Waals surface area contributed by atoms with Crippen molar-refractivity contribution in [1.29, 1.82) is 0 Å². The molecule has 7 heteroatoms. The van der Waals surface area contributed by atoms with Crippen molar-refractivity contribution in [2.45, 2.75) is 13.8 Å². The molecule has 0 N–H and O–H groups in total. The topological polar surface area (TPSA) is 65.2 Å². The number of ether oxygens (including phenoxy) is 1. The molecule has 0 fully saturated rings. The first kappa shape index (κ1) is 11.9. The largest absolute Gasteiger partial charge is 0.437 e. The molecule has 3 aromatic heterocycles. The normalized spacial score (nSPS) is 10.9. The third kappa shape index (κ3) is 2.00. The van der Waals surface area contributed by atoms with Gasteiger partial charge in [-0.2, -0.15) is 19.6 Å². The van der Waals surface area contributed by atoms with E-state index in [1.165, 1.54) is 10.8 Å². The van der Waals surface area contributed by atoms with E-state index in [1.54, 1.807) is 12.3 Å². The highest BCUT2D eigenvalue weighted by atomic mass is 35.5. The Hall–Kier alpha value is -2.21. The minimum absolute atomic E-state index is 0.344. The second-order valence-electron chi connectivity index (χ2n) is 3.99. The molecule has 0 radical (unpaired) electrons. The van der Waals surface area contributed by atoms with Gasteiger partial charge >= 0.3 is 0 Å². The molecular formula is C12H10ClN5O. The fourth-order valence-corrected chi connectivity index (χ4v) is 1.83. The highest BCUT2D eigenvalue weighted by Crippen LogP contribution is 2.29. The maximum atomic E-state index is 6.07. The molecule has 0 saturated carbocycles. The lowest BCUT2D eigenvalue weighted by molar-refractivity contribution is 0.436. The molecule has 0 unspecified atom stereocenters. The van der Waals surface area contributed by atoms with Crippen LogP contribution in [0.25, 0.3) is 5.78 Å². The fourth-order valence-electron chi connectivity index (χ4n) is 1.67. The smallest absolute Gasteiger partial charge is 0.256 e. The van der Waals surface area contributed by atoms with Gasteiger partial charge in [0.15, 0.2) is 5.75 Å². The summed E-state index contributed by atoms with van der Waals surface area (Å²) < 4.78 is 7.37. The lowest BCUT2D eigenvalue weighted by atomic mass is 10.3. The summed E-state index contributed by atoms with van der Waals surface area (Å²) in [6.07, 6.45) is 3.11. The lowest BCUT2D eigenvalue weighted by Crippen LogP contribution is -2.02. The van der Waals surface area contributed by atoms with Gasteiger partial charge in [-0.3, -0.25) is 4.98 Å². The second kappa shape index (κ2) is 4.47. The van der Waals surface area contributed by atoms with Gasteiger partial charge in [-0.05, 0) is 26.0 Å².